The molecule has 6 nitrogen and oxygen atoms in total. The van der Waals surface area contributed by atoms with Crippen LogP contribution < -0.4 is 5.32 Å². The van der Waals surface area contributed by atoms with Gasteiger partial charge in [0.25, 0.3) is 21.8 Å². The van der Waals surface area contributed by atoms with Gasteiger partial charge < -0.3 is 5.32 Å². The van der Waals surface area contributed by atoms with Crippen LogP contribution in [0.1, 0.15) is 20.7 Å². The Morgan fingerprint density at radius 2 is 1.78 bits per heavy atom. The van der Waals surface area contributed by atoms with Crippen molar-refractivity contribution >= 4 is 43.5 Å². The van der Waals surface area contributed by atoms with Crippen molar-refractivity contribution in [2.45, 2.75) is 4.90 Å². The van der Waals surface area contributed by atoms with Gasteiger partial charge in [0, 0.05) is 22.8 Å². The average molecular weight is 395 g/mol. The Kier molecular flexibility index (Phi) is 3.73. The summed E-state index contributed by atoms with van der Waals surface area (Å²) in [5.41, 5.74) is 0.820. The van der Waals surface area contributed by atoms with Crippen LogP contribution in [0, 0.1) is 0 Å². The van der Waals surface area contributed by atoms with Gasteiger partial charge in [-0.05, 0) is 42.5 Å². The number of carbonyl (C=O) groups is 2. The van der Waals surface area contributed by atoms with E-state index in [0.717, 1.165) is 4.47 Å². The first-order valence-corrected chi connectivity index (χ1v) is 8.78. The Morgan fingerprint density at radius 3 is 2.43 bits per heavy atom. The van der Waals surface area contributed by atoms with E-state index in [1.165, 1.54) is 25.2 Å². The van der Waals surface area contributed by atoms with Crippen molar-refractivity contribution in [3.8, 4) is 0 Å². The zero-order valence-electron chi connectivity index (χ0n) is 11.9. The molecule has 8 heteroatoms. The zero-order valence-corrected chi connectivity index (χ0v) is 14.3. The van der Waals surface area contributed by atoms with Crippen LogP contribution in [0.15, 0.2) is 51.8 Å². The van der Waals surface area contributed by atoms with E-state index in [0.29, 0.717) is 9.99 Å². The highest BCUT2D eigenvalue weighted by atomic mass is 79.9. The summed E-state index contributed by atoms with van der Waals surface area (Å²) in [5, 5.41) is 2.67. The molecule has 2 aromatic rings. The van der Waals surface area contributed by atoms with E-state index < -0.39 is 21.8 Å². The van der Waals surface area contributed by atoms with Gasteiger partial charge in [-0.25, -0.2) is 12.7 Å². The summed E-state index contributed by atoms with van der Waals surface area (Å²) in [5.74, 6) is -1.05. The number of carbonyl (C=O) groups excluding carboxylic acids is 2. The van der Waals surface area contributed by atoms with E-state index in [9.17, 15) is 18.0 Å². The van der Waals surface area contributed by atoms with Crippen LogP contribution in [0.2, 0.25) is 0 Å². The Morgan fingerprint density at radius 1 is 1.13 bits per heavy atom. The van der Waals surface area contributed by atoms with E-state index in [1.54, 1.807) is 24.3 Å². The molecule has 2 aromatic carbocycles. The van der Waals surface area contributed by atoms with Crippen LogP contribution >= 0.6 is 15.9 Å². The summed E-state index contributed by atoms with van der Waals surface area (Å²) in [4.78, 5) is 24.0. The lowest BCUT2D eigenvalue weighted by atomic mass is 10.1. The van der Waals surface area contributed by atoms with Crippen molar-refractivity contribution in [1.29, 1.82) is 0 Å². The second-order valence-electron chi connectivity index (χ2n) is 4.95. The highest BCUT2D eigenvalue weighted by Gasteiger charge is 2.38. The molecular formula is C15H11BrN2O4S. The fourth-order valence-corrected chi connectivity index (χ4v) is 3.80. The number of benzene rings is 2. The van der Waals surface area contributed by atoms with E-state index in [-0.39, 0.29) is 16.0 Å². The van der Waals surface area contributed by atoms with Crippen molar-refractivity contribution < 1.29 is 18.0 Å². The van der Waals surface area contributed by atoms with Gasteiger partial charge in [0.05, 0.1) is 5.56 Å². The van der Waals surface area contributed by atoms with Gasteiger partial charge in [-0.15, -0.1) is 0 Å². The Bertz CT molecular complexity index is 923. The Balaban J connectivity index is 1.94. The summed E-state index contributed by atoms with van der Waals surface area (Å²) in [6.45, 7) is 0. The Labute approximate surface area is 141 Å². The maximum absolute atomic E-state index is 12.3. The molecule has 0 fully saturated rings. The molecule has 1 heterocycles. The minimum atomic E-state index is -3.87. The highest BCUT2D eigenvalue weighted by Crippen LogP contribution is 2.29. The van der Waals surface area contributed by atoms with Crippen LogP contribution in [0.4, 0.5) is 5.69 Å². The van der Waals surface area contributed by atoms with Gasteiger partial charge >= 0.3 is 0 Å². The topological polar surface area (TPSA) is 83.6 Å². The second kappa shape index (κ2) is 5.47. The molecular weight excluding hydrogens is 384 g/mol. The average Bonchev–Trinajstić information content (AvgIpc) is 2.70. The fraction of sp³-hybridized carbons (Fsp3) is 0.0667. The molecule has 3 rings (SSSR count). The molecule has 0 saturated carbocycles. The van der Waals surface area contributed by atoms with Crippen LogP contribution in [-0.2, 0) is 10.0 Å². The number of hydrogen-bond donors (Lipinski definition) is 1. The lowest BCUT2D eigenvalue weighted by Crippen LogP contribution is -2.24. The number of amides is 2. The first kappa shape index (κ1) is 15.7. The first-order chi connectivity index (χ1) is 10.8. The molecule has 1 N–H and O–H groups in total. The normalized spacial score (nSPS) is 15.4. The first-order valence-electron chi connectivity index (χ1n) is 6.55. The zero-order chi connectivity index (χ0) is 16.8. The van der Waals surface area contributed by atoms with Crippen molar-refractivity contribution in [1.82, 2.24) is 4.31 Å². The maximum atomic E-state index is 12.3. The van der Waals surface area contributed by atoms with E-state index in [4.69, 9.17) is 0 Å². The molecule has 0 atom stereocenters. The SMILES string of the molecule is CN1C(=O)c2ccc(C(=O)Nc3ccc(Br)cc3)cc2S1(=O)=O. The largest absolute Gasteiger partial charge is 0.322 e. The van der Waals surface area contributed by atoms with Gasteiger partial charge in [-0.3, -0.25) is 9.59 Å². The van der Waals surface area contributed by atoms with Crippen LogP contribution in [0.5, 0.6) is 0 Å². The number of halogens is 1. The number of nitrogens with one attached hydrogen (secondary N) is 1. The third-order valence-corrected chi connectivity index (χ3v) is 5.81. The van der Waals surface area contributed by atoms with Gasteiger partial charge in [-0.1, -0.05) is 15.9 Å². The third kappa shape index (κ3) is 2.64. The molecule has 0 spiro atoms. The molecule has 1 aliphatic rings. The number of anilines is 1. The van der Waals surface area contributed by atoms with Crippen molar-refractivity contribution in [3.63, 3.8) is 0 Å². The standard InChI is InChI=1S/C15H11BrN2O4S/c1-18-15(20)12-7-2-9(8-13(12)23(18,21)22)14(19)17-11-5-3-10(16)4-6-11/h2-8H,1H3,(H,17,19). The lowest BCUT2D eigenvalue weighted by Gasteiger charge is -2.07. The monoisotopic (exact) mass is 394 g/mol. The van der Waals surface area contributed by atoms with Crippen LogP contribution in [0.3, 0.4) is 0 Å². The number of rotatable bonds is 2. The molecule has 0 aliphatic carbocycles. The summed E-state index contributed by atoms with van der Waals surface area (Å²) in [6, 6.07) is 11.0. The van der Waals surface area contributed by atoms with E-state index in [1.807, 2.05) is 0 Å². The highest BCUT2D eigenvalue weighted by molar-refractivity contribution is 9.10. The summed E-state index contributed by atoms with van der Waals surface area (Å²) >= 11 is 3.30. The van der Waals surface area contributed by atoms with Crippen molar-refractivity contribution in [2.24, 2.45) is 0 Å². The minimum absolute atomic E-state index is 0.0766. The smallest absolute Gasteiger partial charge is 0.268 e. The minimum Gasteiger partial charge on any atom is -0.322 e. The van der Waals surface area contributed by atoms with Gasteiger partial charge in [-0.2, -0.15) is 0 Å². The fourth-order valence-electron chi connectivity index (χ4n) is 2.22. The predicted molar refractivity (Wildman–Crippen MR) is 87.8 cm³/mol. The second-order valence-corrected chi connectivity index (χ2v) is 7.80. The predicted octanol–water partition coefficient (Wildman–Crippen LogP) is 2.48. The van der Waals surface area contributed by atoms with Crippen molar-refractivity contribution in [2.75, 3.05) is 12.4 Å². The maximum Gasteiger partial charge on any atom is 0.268 e. The summed E-state index contributed by atoms with van der Waals surface area (Å²) in [7, 11) is -2.68. The van der Waals surface area contributed by atoms with Crippen LogP contribution in [-0.4, -0.2) is 31.6 Å². The summed E-state index contributed by atoms with van der Waals surface area (Å²) in [6.07, 6.45) is 0. The number of hydrogen-bond acceptors (Lipinski definition) is 4. The lowest BCUT2D eigenvalue weighted by molar-refractivity contribution is 0.0890. The van der Waals surface area contributed by atoms with E-state index in [2.05, 4.69) is 21.2 Å². The molecule has 0 bridgehead atoms. The number of fused-ring (bicyclic) bond motifs is 1. The molecule has 0 unspecified atom stereocenters. The van der Waals surface area contributed by atoms with Gasteiger partial charge in [0.1, 0.15) is 4.90 Å². The summed E-state index contributed by atoms with van der Waals surface area (Å²) < 4.78 is 25.8. The quantitative estimate of drug-likeness (QED) is 0.847. The number of nitrogens with zero attached hydrogens (tertiary/aromatic N) is 1. The third-order valence-electron chi connectivity index (χ3n) is 3.50. The molecule has 118 valence electrons. The number of sulfonamides is 1. The molecule has 0 radical (unpaired) electrons. The van der Waals surface area contributed by atoms with Gasteiger partial charge in [0.15, 0.2) is 0 Å². The molecule has 0 saturated heterocycles. The molecule has 2 amide bonds. The molecule has 23 heavy (non-hydrogen) atoms. The van der Waals surface area contributed by atoms with Crippen molar-refractivity contribution in [3.05, 3.63) is 58.1 Å². The Hall–Kier alpha value is -2.19. The van der Waals surface area contributed by atoms with Gasteiger partial charge in [0.2, 0.25) is 0 Å². The molecule has 1 aliphatic heterocycles. The molecule has 0 aromatic heterocycles. The van der Waals surface area contributed by atoms with E-state index >= 15 is 0 Å². The van der Waals surface area contributed by atoms with Crippen LogP contribution in [0.25, 0.3) is 0 Å².